The fourth-order valence-electron chi connectivity index (χ4n) is 2.80. The van der Waals surface area contributed by atoms with Crippen LogP contribution in [0.3, 0.4) is 0 Å². The topological polar surface area (TPSA) is 59.4 Å². The van der Waals surface area contributed by atoms with Crippen LogP contribution in [0.25, 0.3) is 0 Å². The highest BCUT2D eigenvalue weighted by Crippen LogP contribution is 2.17. The smallest absolute Gasteiger partial charge is 0.267 e. The monoisotopic (exact) mass is 350 g/mol. The largest absolute Gasteiger partial charge is 0.373 e. The second-order valence-electron chi connectivity index (χ2n) is 5.97. The molecule has 26 heavy (non-hydrogen) atoms. The normalized spacial score (nSPS) is 14.7. The molecular formula is C20H19FN4O. The highest BCUT2D eigenvalue weighted by Gasteiger charge is 2.17. The molecule has 2 aromatic rings. The van der Waals surface area contributed by atoms with Gasteiger partial charge in [-0.25, -0.2) is 4.39 Å². The van der Waals surface area contributed by atoms with Crippen molar-refractivity contribution < 1.29 is 9.18 Å². The van der Waals surface area contributed by atoms with Crippen molar-refractivity contribution in [1.29, 1.82) is 5.26 Å². The summed E-state index contributed by atoms with van der Waals surface area (Å²) in [6, 6.07) is 17.4. The van der Waals surface area contributed by atoms with Crippen molar-refractivity contribution in [3.63, 3.8) is 0 Å². The number of halogens is 1. The Morgan fingerprint density at radius 3 is 2.31 bits per heavy atom. The molecule has 3 rings (SSSR count). The van der Waals surface area contributed by atoms with E-state index >= 15 is 0 Å². The molecule has 132 valence electrons. The fourth-order valence-corrected chi connectivity index (χ4v) is 2.80. The van der Waals surface area contributed by atoms with E-state index in [9.17, 15) is 14.4 Å². The first-order chi connectivity index (χ1) is 12.7. The number of para-hydroxylation sites is 1. The maximum Gasteiger partial charge on any atom is 0.267 e. The van der Waals surface area contributed by atoms with Gasteiger partial charge >= 0.3 is 0 Å². The second-order valence-corrected chi connectivity index (χ2v) is 5.97. The van der Waals surface area contributed by atoms with E-state index in [2.05, 4.69) is 10.2 Å². The van der Waals surface area contributed by atoms with Gasteiger partial charge in [0.2, 0.25) is 0 Å². The quantitative estimate of drug-likeness (QED) is 0.680. The van der Waals surface area contributed by atoms with E-state index in [1.54, 1.807) is 30.5 Å². The average molecular weight is 350 g/mol. The second kappa shape index (κ2) is 8.17. The van der Waals surface area contributed by atoms with Crippen LogP contribution in [-0.2, 0) is 4.79 Å². The van der Waals surface area contributed by atoms with E-state index in [1.165, 1.54) is 12.1 Å². The highest BCUT2D eigenvalue weighted by molar-refractivity contribution is 6.06. The van der Waals surface area contributed by atoms with E-state index in [0.717, 1.165) is 18.8 Å². The number of nitriles is 1. The fraction of sp³-hybridized carbons (Fsp3) is 0.200. The molecular weight excluding hydrogens is 331 g/mol. The Hall–Kier alpha value is -3.33. The van der Waals surface area contributed by atoms with Gasteiger partial charge in [-0.05, 0) is 36.4 Å². The number of hydrogen-bond acceptors (Lipinski definition) is 4. The van der Waals surface area contributed by atoms with Gasteiger partial charge < -0.3 is 15.1 Å². The SMILES string of the molecule is N#C/C(=C\N1CCN(c2ccc(F)cc2)CC1)C(=O)Nc1ccccc1. The van der Waals surface area contributed by atoms with Gasteiger partial charge in [0.1, 0.15) is 17.5 Å². The van der Waals surface area contributed by atoms with Crippen LogP contribution in [0.1, 0.15) is 0 Å². The Labute approximate surface area is 152 Å². The molecule has 0 bridgehead atoms. The summed E-state index contributed by atoms with van der Waals surface area (Å²) in [4.78, 5) is 16.4. The van der Waals surface area contributed by atoms with E-state index in [-0.39, 0.29) is 11.4 Å². The zero-order valence-electron chi connectivity index (χ0n) is 14.2. The Morgan fingerprint density at radius 2 is 1.69 bits per heavy atom. The Morgan fingerprint density at radius 1 is 1.04 bits per heavy atom. The van der Waals surface area contributed by atoms with E-state index in [1.807, 2.05) is 29.2 Å². The van der Waals surface area contributed by atoms with Crippen LogP contribution < -0.4 is 10.2 Å². The van der Waals surface area contributed by atoms with E-state index < -0.39 is 5.91 Å². The average Bonchev–Trinajstić information content (AvgIpc) is 2.68. The standard InChI is InChI=1S/C20H19FN4O/c21-17-6-8-19(9-7-17)25-12-10-24(11-13-25)15-16(14-22)20(26)23-18-4-2-1-3-5-18/h1-9,15H,10-13H2,(H,23,26)/b16-15+. The summed E-state index contributed by atoms with van der Waals surface area (Å²) in [6.45, 7) is 2.84. The third-order valence-electron chi connectivity index (χ3n) is 4.21. The molecule has 0 radical (unpaired) electrons. The number of nitrogens with one attached hydrogen (secondary N) is 1. The van der Waals surface area contributed by atoms with Crippen LogP contribution >= 0.6 is 0 Å². The van der Waals surface area contributed by atoms with Crippen LogP contribution in [0.5, 0.6) is 0 Å². The van der Waals surface area contributed by atoms with Gasteiger partial charge in [-0.1, -0.05) is 18.2 Å². The number of benzene rings is 2. The molecule has 0 unspecified atom stereocenters. The molecule has 5 nitrogen and oxygen atoms in total. The molecule has 0 spiro atoms. The summed E-state index contributed by atoms with van der Waals surface area (Å²) < 4.78 is 13.0. The molecule has 1 aliphatic rings. The molecule has 0 aromatic heterocycles. The minimum atomic E-state index is -0.417. The summed E-state index contributed by atoms with van der Waals surface area (Å²) in [6.07, 6.45) is 1.61. The summed E-state index contributed by atoms with van der Waals surface area (Å²) in [5.74, 6) is -0.668. The molecule has 1 amide bonds. The molecule has 1 fully saturated rings. The highest BCUT2D eigenvalue weighted by atomic mass is 19.1. The zero-order valence-corrected chi connectivity index (χ0v) is 14.2. The number of piperazine rings is 1. The summed E-state index contributed by atoms with van der Waals surface area (Å²) in [7, 11) is 0. The first kappa shape index (κ1) is 17.5. The van der Waals surface area contributed by atoms with Crippen LogP contribution in [0.4, 0.5) is 15.8 Å². The molecule has 6 heteroatoms. The zero-order chi connectivity index (χ0) is 18.4. The van der Waals surface area contributed by atoms with E-state index in [4.69, 9.17) is 0 Å². The predicted octanol–water partition coefficient (Wildman–Crippen LogP) is 2.99. The van der Waals surface area contributed by atoms with Crippen LogP contribution in [0.2, 0.25) is 0 Å². The van der Waals surface area contributed by atoms with Crippen LogP contribution in [-0.4, -0.2) is 37.0 Å². The lowest BCUT2D eigenvalue weighted by Crippen LogP contribution is -2.44. The molecule has 1 N–H and O–H groups in total. The number of nitrogens with zero attached hydrogens (tertiary/aromatic N) is 3. The maximum atomic E-state index is 13.0. The molecule has 1 heterocycles. The van der Waals surface area contributed by atoms with Gasteiger partial charge in [0.15, 0.2) is 0 Å². The lowest BCUT2D eigenvalue weighted by atomic mass is 10.2. The Bertz CT molecular complexity index is 819. The van der Waals surface area contributed by atoms with Crippen molar-refractivity contribution in [3.05, 3.63) is 72.2 Å². The van der Waals surface area contributed by atoms with Gasteiger partial charge in [0, 0.05) is 43.8 Å². The van der Waals surface area contributed by atoms with Gasteiger partial charge in [0.25, 0.3) is 5.91 Å². The third kappa shape index (κ3) is 4.39. The van der Waals surface area contributed by atoms with Crippen molar-refractivity contribution in [2.75, 3.05) is 36.4 Å². The van der Waals surface area contributed by atoms with Crippen molar-refractivity contribution in [3.8, 4) is 6.07 Å². The van der Waals surface area contributed by atoms with Crippen LogP contribution in [0.15, 0.2) is 66.4 Å². The molecule has 1 saturated heterocycles. The molecule has 1 aliphatic heterocycles. The van der Waals surface area contributed by atoms with Crippen molar-refractivity contribution >= 4 is 17.3 Å². The summed E-state index contributed by atoms with van der Waals surface area (Å²) in [5, 5.41) is 12.0. The van der Waals surface area contributed by atoms with Gasteiger partial charge in [-0.2, -0.15) is 5.26 Å². The summed E-state index contributed by atoms with van der Waals surface area (Å²) in [5.41, 5.74) is 1.70. The summed E-state index contributed by atoms with van der Waals surface area (Å²) >= 11 is 0. The number of amides is 1. The Kier molecular flexibility index (Phi) is 5.49. The van der Waals surface area contributed by atoms with Crippen LogP contribution in [0, 0.1) is 17.1 Å². The van der Waals surface area contributed by atoms with Gasteiger partial charge in [0.05, 0.1) is 0 Å². The minimum absolute atomic E-state index is 0.0732. The minimum Gasteiger partial charge on any atom is -0.373 e. The number of rotatable bonds is 4. The number of hydrogen-bond donors (Lipinski definition) is 1. The lowest BCUT2D eigenvalue weighted by Gasteiger charge is -2.35. The third-order valence-corrected chi connectivity index (χ3v) is 4.21. The molecule has 0 atom stereocenters. The number of anilines is 2. The Balaban J connectivity index is 1.59. The van der Waals surface area contributed by atoms with E-state index in [0.29, 0.717) is 18.8 Å². The lowest BCUT2D eigenvalue weighted by molar-refractivity contribution is -0.112. The first-order valence-corrected chi connectivity index (χ1v) is 8.38. The maximum absolute atomic E-state index is 13.0. The van der Waals surface area contributed by atoms with Gasteiger partial charge in [-0.15, -0.1) is 0 Å². The predicted molar refractivity (Wildman–Crippen MR) is 99.0 cm³/mol. The first-order valence-electron chi connectivity index (χ1n) is 8.38. The number of carbonyl (C=O) groups excluding carboxylic acids is 1. The molecule has 0 aliphatic carbocycles. The van der Waals surface area contributed by atoms with Crippen molar-refractivity contribution in [2.45, 2.75) is 0 Å². The van der Waals surface area contributed by atoms with Crippen molar-refractivity contribution in [1.82, 2.24) is 4.90 Å². The van der Waals surface area contributed by atoms with Gasteiger partial charge in [-0.3, -0.25) is 4.79 Å². The number of carbonyl (C=O) groups is 1. The van der Waals surface area contributed by atoms with Crippen molar-refractivity contribution in [2.24, 2.45) is 0 Å². The molecule has 0 saturated carbocycles. The molecule has 2 aromatic carbocycles.